The number of hydrogen-bond donors (Lipinski definition) is 1. The molecule has 2 nitrogen and oxygen atoms in total. The summed E-state index contributed by atoms with van der Waals surface area (Å²) in [6, 6.07) is 5.85. The minimum atomic E-state index is -0.874. The summed E-state index contributed by atoms with van der Waals surface area (Å²) in [6.07, 6.45) is 0.816. The standard InChI is InChI=1S/C9H10BrNOS/c10-7-3-1-2-6-8(11)4-5-13(12)9(6)7/h1-3,8H,4-5,11H2. The van der Waals surface area contributed by atoms with Crippen molar-refractivity contribution in [3.05, 3.63) is 28.2 Å². The molecule has 0 bridgehead atoms. The Morgan fingerprint density at radius 1 is 1.54 bits per heavy atom. The number of nitrogens with two attached hydrogens (primary N) is 1. The first-order valence-electron chi connectivity index (χ1n) is 4.12. The van der Waals surface area contributed by atoms with Crippen molar-refractivity contribution >= 4 is 26.7 Å². The molecule has 0 spiro atoms. The normalized spacial score (nSPS) is 26.9. The van der Waals surface area contributed by atoms with Crippen LogP contribution in [0.3, 0.4) is 0 Å². The van der Waals surface area contributed by atoms with Gasteiger partial charge in [0, 0.05) is 16.3 Å². The molecule has 4 heteroatoms. The molecule has 1 aliphatic heterocycles. The van der Waals surface area contributed by atoms with Gasteiger partial charge in [-0.15, -0.1) is 0 Å². The van der Waals surface area contributed by atoms with E-state index in [1.165, 1.54) is 0 Å². The van der Waals surface area contributed by atoms with Crippen LogP contribution in [0.25, 0.3) is 0 Å². The lowest BCUT2D eigenvalue weighted by atomic mass is 10.1. The fourth-order valence-electron chi connectivity index (χ4n) is 1.55. The predicted molar refractivity (Wildman–Crippen MR) is 57.0 cm³/mol. The van der Waals surface area contributed by atoms with Crippen LogP contribution < -0.4 is 5.73 Å². The van der Waals surface area contributed by atoms with Crippen molar-refractivity contribution in [3.8, 4) is 0 Å². The highest BCUT2D eigenvalue weighted by Crippen LogP contribution is 2.33. The molecule has 1 aromatic carbocycles. The lowest BCUT2D eigenvalue weighted by Crippen LogP contribution is -2.21. The molecule has 70 valence electrons. The molecular formula is C9H10BrNOS. The van der Waals surface area contributed by atoms with Gasteiger partial charge >= 0.3 is 0 Å². The van der Waals surface area contributed by atoms with Gasteiger partial charge in [0.25, 0.3) is 0 Å². The van der Waals surface area contributed by atoms with E-state index in [0.717, 1.165) is 21.4 Å². The minimum Gasteiger partial charge on any atom is -0.324 e. The molecule has 2 unspecified atom stereocenters. The maximum absolute atomic E-state index is 11.7. The highest BCUT2D eigenvalue weighted by Gasteiger charge is 2.23. The summed E-state index contributed by atoms with van der Waals surface area (Å²) in [4.78, 5) is 0.890. The third-order valence-electron chi connectivity index (χ3n) is 2.24. The smallest absolute Gasteiger partial charge is 0.0577 e. The van der Waals surface area contributed by atoms with E-state index in [0.29, 0.717) is 5.75 Å². The van der Waals surface area contributed by atoms with E-state index < -0.39 is 10.8 Å². The van der Waals surface area contributed by atoms with E-state index >= 15 is 0 Å². The first-order valence-corrected chi connectivity index (χ1v) is 6.23. The number of halogens is 1. The van der Waals surface area contributed by atoms with Crippen molar-refractivity contribution in [1.82, 2.24) is 0 Å². The van der Waals surface area contributed by atoms with Crippen LogP contribution in [-0.4, -0.2) is 9.96 Å². The Kier molecular flexibility index (Phi) is 2.53. The summed E-state index contributed by atoms with van der Waals surface area (Å²) in [5, 5.41) is 0. The Bertz CT molecular complexity index is 367. The maximum Gasteiger partial charge on any atom is 0.0577 e. The van der Waals surface area contributed by atoms with Gasteiger partial charge in [-0.2, -0.15) is 0 Å². The average Bonchev–Trinajstić information content (AvgIpc) is 2.12. The van der Waals surface area contributed by atoms with E-state index in [1.54, 1.807) is 0 Å². The van der Waals surface area contributed by atoms with E-state index in [4.69, 9.17) is 5.73 Å². The molecule has 0 aromatic heterocycles. The third kappa shape index (κ3) is 1.58. The number of benzene rings is 1. The largest absolute Gasteiger partial charge is 0.324 e. The van der Waals surface area contributed by atoms with Crippen molar-refractivity contribution in [2.75, 3.05) is 5.75 Å². The monoisotopic (exact) mass is 259 g/mol. The zero-order chi connectivity index (χ0) is 9.42. The van der Waals surface area contributed by atoms with E-state index in [2.05, 4.69) is 15.9 Å². The average molecular weight is 260 g/mol. The lowest BCUT2D eigenvalue weighted by molar-refractivity contribution is 0.636. The zero-order valence-electron chi connectivity index (χ0n) is 7.00. The second-order valence-electron chi connectivity index (χ2n) is 3.10. The Morgan fingerprint density at radius 3 is 3.00 bits per heavy atom. The van der Waals surface area contributed by atoms with E-state index in [1.807, 2.05) is 18.2 Å². The molecular weight excluding hydrogens is 250 g/mol. The number of rotatable bonds is 0. The van der Waals surface area contributed by atoms with Gasteiger partial charge in [0.15, 0.2) is 0 Å². The Balaban J connectivity index is 2.63. The summed E-state index contributed by atoms with van der Waals surface area (Å²) in [6.45, 7) is 0. The van der Waals surface area contributed by atoms with Crippen LogP contribution in [0.2, 0.25) is 0 Å². The topological polar surface area (TPSA) is 43.1 Å². The second-order valence-corrected chi connectivity index (χ2v) is 5.46. The quantitative estimate of drug-likeness (QED) is 0.774. The molecule has 2 atom stereocenters. The highest BCUT2D eigenvalue weighted by atomic mass is 79.9. The van der Waals surface area contributed by atoms with Gasteiger partial charge in [0.2, 0.25) is 0 Å². The fraction of sp³-hybridized carbons (Fsp3) is 0.333. The van der Waals surface area contributed by atoms with Crippen molar-refractivity contribution in [1.29, 1.82) is 0 Å². The molecule has 0 radical (unpaired) electrons. The summed E-state index contributed by atoms with van der Waals surface area (Å²) in [5.41, 5.74) is 6.95. The maximum atomic E-state index is 11.7. The summed E-state index contributed by atoms with van der Waals surface area (Å²) in [7, 11) is -0.874. The van der Waals surface area contributed by atoms with Crippen molar-refractivity contribution in [3.63, 3.8) is 0 Å². The molecule has 0 amide bonds. The molecule has 1 aromatic rings. The molecule has 2 rings (SSSR count). The van der Waals surface area contributed by atoms with Crippen LogP contribution in [0.1, 0.15) is 18.0 Å². The number of fused-ring (bicyclic) bond motifs is 1. The van der Waals surface area contributed by atoms with Crippen LogP contribution in [0.15, 0.2) is 27.6 Å². The van der Waals surface area contributed by atoms with Crippen LogP contribution >= 0.6 is 15.9 Å². The lowest BCUT2D eigenvalue weighted by Gasteiger charge is -2.22. The van der Waals surface area contributed by atoms with Crippen molar-refractivity contribution in [2.24, 2.45) is 5.73 Å². The molecule has 1 heterocycles. The van der Waals surface area contributed by atoms with Gasteiger partial charge in [0.05, 0.1) is 15.7 Å². The summed E-state index contributed by atoms with van der Waals surface area (Å²) in [5.74, 6) is 0.677. The fourth-order valence-corrected chi connectivity index (χ4v) is 3.91. The summed E-state index contributed by atoms with van der Waals surface area (Å²) < 4.78 is 12.6. The highest BCUT2D eigenvalue weighted by molar-refractivity contribution is 9.10. The van der Waals surface area contributed by atoms with Gasteiger partial charge in [-0.05, 0) is 34.0 Å². The van der Waals surface area contributed by atoms with Crippen molar-refractivity contribution in [2.45, 2.75) is 17.4 Å². The minimum absolute atomic E-state index is 0.0465. The Labute approximate surface area is 88.1 Å². The van der Waals surface area contributed by atoms with Gasteiger partial charge in [-0.1, -0.05) is 12.1 Å². The molecule has 0 fully saturated rings. The second kappa shape index (κ2) is 3.52. The molecule has 0 saturated carbocycles. The van der Waals surface area contributed by atoms with Gasteiger partial charge in [0.1, 0.15) is 0 Å². The molecule has 0 saturated heterocycles. The zero-order valence-corrected chi connectivity index (χ0v) is 9.40. The molecule has 13 heavy (non-hydrogen) atoms. The Hall–Kier alpha value is -0.190. The van der Waals surface area contributed by atoms with Crippen LogP contribution in [0.4, 0.5) is 0 Å². The molecule has 2 N–H and O–H groups in total. The van der Waals surface area contributed by atoms with Crippen LogP contribution in [0, 0.1) is 0 Å². The molecule has 0 aliphatic carbocycles. The predicted octanol–water partition coefficient (Wildman–Crippen LogP) is 1.96. The van der Waals surface area contributed by atoms with Crippen molar-refractivity contribution < 1.29 is 4.21 Å². The SMILES string of the molecule is NC1CCS(=O)c2c(Br)cccc21. The van der Waals surface area contributed by atoms with Crippen LogP contribution in [0.5, 0.6) is 0 Å². The molecule has 1 aliphatic rings. The number of hydrogen-bond acceptors (Lipinski definition) is 2. The Morgan fingerprint density at radius 2 is 2.31 bits per heavy atom. The summed E-state index contributed by atoms with van der Waals surface area (Å²) >= 11 is 3.40. The third-order valence-corrected chi connectivity index (χ3v) is 4.68. The van der Waals surface area contributed by atoms with Gasteiger partial charge in [-0.25, -0.2) is 0 Å². The van der Waals surface area contributed by atoms with E-state index in [9.17, 15) is 4.21 Å². The van der Waals surface area contributed by atoms with Gasteiger partial charge in [-0.3, -0.25) is 4.21 Å². The van der Waals surface area contributed by atoms with Crippen LogP contribution in [-0.2, 0) is 10.8 Å². The van der Waals surface area contributed by atoms with E-state index in [-0.39, 0.29) is 6.04 Å². The first kappa shape index (κ1) is 9.37. The first-order chi connectivity index (χ1) is 6.20. The van der Waals surface area contributed by atoms with Gasteiger partial charge < -0.3 is 5.73 Å².